The Hall–Kier alpha value is -3.08. The molecule has 0 radical (unpaired) electrons. The highest BCUT2D eigenvalue weighted by molar-refractivity contribution is 6.14. The number of nitrogens with zero attached hydrogens (tertiary/aromatic N) is 1. The Morgan fingerprint density at radius 3 is 2.46 bits per heavy atom. The first-order valence-electron chi connectivity index (χ1n) is 8.63. The van der Waals surface area contributed by atoms with Crippen molar-refractivity contribution in [2.45, 2.75) is 20.8 Å². The molecule has 1 aliphatic heterocycles. The number of Topliss-reactive ketones (excluding diaryl/α,β-unsaturated/α-hetero) is 1. The lowest BCUT2D eigenvalue weighted by molar-refractivity contribution is 0.101. The van der Waals surface area contributed by atoms with Crippen LogP contribution in [0.3, 0.4) is 0 Å². The molecule has 2 aromatic carbocycles. The number of hydrogen-bond acceptors (Lipinski definition) is 4. The van der Waals surface area contributed by atoms with E-state index >= 15 is 0 Å². The lowest BCUT2D eigenvalue weighted by Gasteiger charge is -2.17. The van der Waals surface area contributed by atoms with Crippen molar-refractivity contribution in [1.29, 1.82) is 0 Å². The van der Waals surface area contributed by atoms with E-state index < -0.39 is 6.09 Å². The zero-order valence-corrected chi connectivity index (χ0v) is 15.1. The largest absolute Gasteiger partial charge is 0.452 e. The molecule has 0 fully saturated rings. The van der Waals surface area contributed by atoms with Crippen LogP contribution in [0.4, 0.5) is 4.79 Å². The van der Waals surface area contributed by atoms with Crippen LogP contribution in [0.2, 0.25) is 0 Å². The average Bonchev–Trinajstić information content (AvgIpc) is 2.93. The second-order valence-corrected chi connectivity index (χ2v) is 6.05. The minimum atomic E-state index is -0.422. The van der Waals surface area contributed by atoms with Gasteiger partial charge in [-0.15, -0.1) is 0 Å². The van der Waals surface area contributed by atoms with Crippen LogP contribution in [0.25, 0.3) is 6.08 Å². The summed E-state index contributed by atoms with van der Waals surface area (Å²) in [7, 11) is 0. The average molecular weight is 351 g/mol. The van der Waals surface area contributed by atoms with Crippen molar-refractivity contribution in [3.63, 3.8) is 0 Å². The molecule has 0 unspecified atom stereocenters. The maximum absolute atomic E-state index is 12.5. The lowest BCUT2D eigenvalue weighted by atomic mass is 10.1. The molecule has 0 aromatic heterocycles. The van der Waals surface area contributed by atoms with E-state index in [1.165, 1.54) is 0 Å². The maximum Gasteiger partial charge on any atom is 0.415 e. The summed E-state index contributed by atoms with van der Waals surface area (Å²) in [6, 6.07) is 12.6. The molecule has 0 bridgehead atoms. The fourth-order valence-corrected chi connectivity index (χ4v) is 2.69. The molecule has 1 aliphatic rings. The topological polar surface area (TPSA) is 55.8 Å². The van der Waals surface area contributed by atoms with Crippen LogP contribution in [0.15, 0.2) is 48.2 Å². The van der Waals surface area contributed by atoms with Gasteiger partial charge in [0.15, 0.2) is 5.76 Å². The van der Waals surface area contributed by atoms with Crippen LogP contribution in [0, 0.1) is 6.92 Å². The summed E-state index contributed by atoms with van der Waals surface area (Å²) in [5.74, 6) is 0.835. The molecule has 1 heterocycles. The number of ketones is 1. The number of carbonyl (C=O) groups is 2. The molecular formula is C21H21NO4. The van der Waals surface area contributed by atoms with Gasteiger partial charge in [0, 0.05) is 19.2 Å². The Morgan fingerprint density at radius 1 is 1.12 bits per heavy atom. The first-order chi connectivity index (χ1) is 12.5. The molecule has 0 spiro atoms. The molecule has 3 rings (SSSR count). The number of rotatable bonds is 4. The maximum atomic E-state index is 12.5. The summed E-state index contributed by atoms with van der Waals surface area (Å²) >= 11 is 0. The number of fused-ring (bicyclic) bond motifs is 1. The summed E-state index contributed by atoms with van der Waals surface area (Å²) < 4.78 is 11.1. The predicted molar refractivity (Wildman–Crippen MR) is 99.5 cm³/mol. The second-order valence-electron chi connectivity index (χ2n) is 6.05. The number of benzene rings is 2. The van der Waals surface area contributed by atoms with Crippen molar-refractivity contribution >= 4 is 18.0 Å². The number of hydrogen-bond donors (Lipinski definition) is 0. The van der Waals surface area contributed by atoms with Crippen molar-refractivity contribution in [2.75, 3.05) is 13.1 Å². The summed E-state index contributed by atoms with van der Waals surface area (Å²) in [5.41, 5.74) is 2.50. The smallest absolute Gasteiger partial charge is 0.415 e. The van der Waals surface area contributed by atoms with E-state index in [4.69, 9.17) is 9.47 Å². The van der Waals surface area contributed by atoms with Crippen molar-refractivity contribution in [2.24, 2.45) is 0 Å². The highest BCUT2D eigenvalue weighted by Crippen LogP contribution is 2.35. The van der Waals surface area contributed by atoms with Crippen molar-refractivity contribution in [3.05, 3.63) is 64.9 Å². The Kier molecular flexibility index (Phi) is 5.07. The molecule has 0 aliphatic carbocycles. The number of amides is 1. The molecule has 0 saturated heterocycles. The molecule has 134 valence electrons. The molecule has 0 N–H and O–H groups in total. The normalized spacial score (nSPS) is 14.1. The zero-order valence-electron chi connectivity index (χ0n) is 15.1. The third-order valence-corrected chi connectivity index (χ3v) is 4.24. The second kappa shape index (κ2) is 7.44. The standard InChI is InChI=1S/C21H21NO4/c1-4-22(5-2)21(24)25-16-10-11-17-18(13-16)26-19(20(17)23)12-15-8-6-14(3)7-9-15/h6-13H,4-5H2,1-3H3. The number of aryl methyl sites for hydroxylation is 1. The van der Waals surface area contributed by atoms with Gasteiger partial charge in [0.05, 0.1) is 5.56 Å². The van der Waals surface area contributed by atoms with Crippen LogP contribution in [0.1, 0.15) is 35.3 Å². The highest BCUT2D eigenvalue weighted by atomic mass is 16.6. The van der Waals surface area contributed by atoms with E-state index in [1.54, 1.807) is 29.2 Å². The van der Waals surface area contributed by atoms with Gasteiger partial charge in [0.25, 0.3) is 0 Å². The van der Waals surface area contributed by atoms with E-state index in [0.717, 1.165) is 11.1 Å². The number of allylic oxidation sites excluding steroid dienone is 1. The van der Waals surface area contributed by atoms with E-state index in [2.05, 4.69) is 0 Å². The molecule has 1 amide bonds. The van der Waals surface area contributed by atoms with Gasteiger partial charge >= 0.3 is 6.09 Å². The molecule has 26 heavy (non-hydrogen) atoms. The van der Waals surface area contributed by atoms with Crippen molar-refractivity contribution < 1.29 is 19.1 Å². The molecular weight excluding hydrogens is 330 g/mol. The monoisotopic (exact) mass is 351 g/mol. The van der Waals surface area contributed by atoms with Gasteiger partial charge in [-0.25, -0.2) is 4.79 Å². The Bertz CT molecular complexity index is 864. The Morgan fingerprint density at radius 2 is 1.81 bits per heavy atom. The van der Waals surface area contributed by atoms with E-state index in [9.17, 15) is 9.59 Å². The van der Waals surface area contributed by atoms with E-state index in [0.29, 0.717) is 30.2 Å². The molecule has 5 nitrogen and oxygen atoms in total. The van der Waals surface area contributed by atoms with Gasteiger partial charge in [0.2, 0.25) is 5.78 Å². The zero-order chi connectivity index (χ0) is 18.7. The number of ether oxygens (including phenoxy) is 2. The van der Waals surface area contributed by atoms with Gasteiger partial charge in [-0.05, 0) is 44.5 Å². The van der Waals surface area contributed by atoms with Crippen molar-refractivity contribution in [3.8, 4) is 11.5 Å². The van der Waals surface area contributed by atoms with Gasteiger partial charge in [0.1, 0.15) is 11.5 Å². The van der Waals surface area contributed by atoms with Crippen LogP contribution in [0.5, 0.6) is 11.5 Å². The third kappa shape index (κ3) is 3.61. The van der Waals surface area contributed by atoms with E-state index in [1.807, 2.05) is 45.0 Å². The summed E-state index contributed by atoms with van der Waals surface area (Å²) in [5, 5.41) is 0. The molecule has 5 heteroatoms. The van der Waals surface area contributed by atoms with Gasteiger partial charge in [-0.2, -0.15) is 0 Å². The molecule has 2 aromatic rings. The van der Waals surface area contributed by atoms with Gasteiger partial charge in [-0.1, -0.05) is 29.8 Å². The Labute approximate surface area is 152 Å². The fraction of sp³-hybridized carbons (Fsp3) is 0.238. The Balaban J connectivity index is 1.80. The minimum Gasteiger partial charge on any atom is -0.452 e. The summed E-state index contributed by atoms with van der Waals surface area (Å²) in [6.45, 7) is 6.91. The first kappa shape index (κ1) is 17.7. The third-order valence-electron chi connectivity index (χ3n) is 4.24. The SMILES string of the molecule is CCN(CC)C(=O)Oc1ccc2c(c1)OC(=Cc1ccc(C)cc1)C2=O. The number of carbonyl (C=O) groups excluding carboxylic acids is 2. The highest BCUT2D eigenvalue weighted by Gasteiger charge is 2.28. The van der Waals surface area contributed by atoms with Crippen molar-refractivity contribution in [1.82, 2.24) is 4.90 Å². The van der Waals surface area contributed by atoms with Crippen LogP contribution in [-0.4, -0.2) is 29.9 Å². The fourth-order valence-electron chi connectivity index (χ4n) is 2.69. The van der Waals surface area contributed by atoms with Gasteiger partial charge < -0.3 is 14.4 Å². The van der Waals surface area contributed by atoms with Crippen LogP contribution >= 0.6 is 0 Å². The molecule has 0 saturated carbocycles. The minimum absolute atomic E-state index is 0.179. The summed E-state index contributed by atoms with van der Waals surface area (Å²) in [6.07, 6.45) is 1.29. The van der Waals surface area contributed by atoms with Crippen LogP contribution in [-0.2, 0) is 0 Å². The summed E-state index contributed by atoms with van der Waals surface area (Å²) in [4.78, 5) is 26.1. The first-order valence-corrected chi connectivity index (χ1v) is 8.63. The van der Waals surface area contributed by atoms with Gasteiger partial charge in [-0.3, -0.25) is 4.79 Å². The van der Waals surface area contributed by atoms with E-state index in [-0.39, 0.29) is 11.5 Å². The lowest BCUT2D eigenvalue weighted by Crippen LogP contribution is -2.33. The molecule has 0 atom stereocenters. The van der Waals surface area contributed by atoms with Crippen LogP contribution < -0.4 is 9.47 Å². The quantitative estimate of drug-likeness (QED) is 0.764. The predicted octanol–water partition coefficient (Wildman–Crippen LogP) is 4.45.